The monoisotopic (exact) mass is 356 g/mol. The molecule has 0 bridgehead atoms. The standard InChI is InChI=1S/C19H14F2N2O3/c1-19(20,21)26-15-7-5-12(6-8-15)16-9-10-22-17(23-16)13-3-2-4-14(11-13)18(24)25/h2-11H,1H3,(H,24,25). The van der Waals surface area contributed by atoms with E-state index in [4.69, 9.17) is 5.11 Å². The molecule has 1 aromatic heterocycles. The Hall–Kier alpha value is -3.35. The fraction of sp³-hybridized carbons (Fsp3) is 0.105. The molecule has 5 nitrogen and oxygen atoms in total. The van der Waals surface area contributed by atoms with Crippen LogP contribution in [0.2, 0.25) is 0 Å². The minimum atomic E-state index is -3.25. The van der Waals surface area contributed by atoms with Crippen LogP contribution in [-0.4, -0.2) is 27.2 Å². The number of carbonyl (C=O) groups is 1. The summed E-state index contributed by atoms with van der Waals surface area (Å²) >= 11 is 0. The number of carboxylic acid groups (broad SMARTS) is 1. The van der Waals surface area contributed by atoms with Crippen LogP contribution in [0, 0.1) is 0 Å². The SMILES string of the molecule is CC(F)(F)Oc1ccc(-c2ccnc(-c3cccc(C(=O)O)c3)n2)cc1. The lowest BCUT2D eigenvalue weighted by atomic mass is 10.1. The van der Waals surface area contributed by atoms with Crippen molar-refractivity contribution >= 4 is 5.97 Å². The zero-order valence-electron chi connectivity index (χ0n) is 13.7. The van der Waals surface area contributed by atoms with Crippen LogP contribution in [0.5, 0.6) is 5.75 Å². The van der Waals surface area contributed by atoms with Gasteiger partial charge in [-0.05, 0) is 42.5 Å². The minimum absolute atomic E-state index is 0.0460. The molecular formula is C19H14F2N2O3. The second-order valence-corrected chi connectivity index (χ2v) is 5.59. The minimum Gasteiger partial charge on any atom is -0.478 e. The summed E-state index contributed by atoms with van der Waals surface area (Å²) in [5, 5.41) is 9.09. The quantitative estimate of drug-likeness (QED) is 0.729. The van der Waals surface area contributed by atoms with Gasteiger partial charge < -0.3 is 9.84 Å². The van der Waals surface area contributed by atoms with Crippen molar-refractivity contribution in [3.8, 4) is 28.4 Å². The molecule has 26 heavy (non-hydrogen) atoms. The number of aromatic carboxylic acids is 1. The smallest absolute Gasteiger partial charge is 0.394 e. The Labute approximate surface area is 147 Å². The Bertz CT molecular complexity index is 938. The maximum atomic E-state index is 12.9. The first-order chi connectivity index (χ1) is 12.3. The molecule has 0 aliphatic rings. The molecule has 1 heterocycles. The molecule has 0 unspecified atom stereocenters. The van der Waals surface area contributed by atoms with E-state index in [-0.39, 0.29) is 11.3 Å². The van der Waals surface area contributed by atoms with Crippen molar-refractivity contribution in [2.45, 2.75) is 13.0 Å². The first-order valence-electron chi connectivity index (χ1n) is 7.66. The number of carboxylic acids is 1. The summed E-state index contributed by atoms with van der Waals surface area (Å²) in [7, 11) is 0. The molecule has 0 atom stereocenters. The summed E-state index contributed by atoms with van der Waals surface area (Å²) in [5.41, 5.74) is 1.97. The van der Waals surface area contributed by atoms with Gasteiger partial charge in [-0.1, -0.05) is 12.1 Å². The lowest BCUT2D eigenvalue weighted by molar-refractivity contribution is -0.158. The van der Waals surface area contributed by atoms with Crippen LogP contribution >= 0.6 is 0 Å². The van der Waals surface area contributed by atoms with Crippen LogP contribution in [-0.2, 0) is 0 Å². The van der Waals surface area contributed by atoms with Crippen molar-refractivity contribution in [3.05, 3.63) is 66.4 Å². The fourth-order valence-electron chi connectivity index (χ4n) is 2.35. The molecule has 0 aliphatic carbocycles. The van der Waals surface area contributed by atoms with Crippen LogP contribution in [0.3, 0.4) is 0 Å². The highest BCUT2D eigenvalue weighted by Crippen LogP contribution is 2.26. The Morgan fingerprint density at radius 1 is 1.08 bits per heavy atom. The average Bonchev–Trinajstić information content (AvgIpc) is 2.61. The van der Waals surface area contributed by atoms with Gasteiger partial charge in [-0.25, -0.2) is 14.8 Å². The van der Waals surface area contributed by atoms with E-state index >= 15 is 0 Å². The van der Waals surface area contributed by atoms with Gasteiger partial charge in [-0.3, -0.25) is 0 Å². The van der Waals surface area contributed by atoms with E-state index in [1.807, 2.05) is 0 Å². The second-order valence-electron chi connectivity index (χ2n) is 5.59. The van der Waals surface area contributed by atoms with Gasteiger partial charge in [0.25, 0.3) is 0 Å². The van der Waals surface area contributed by atoms with E-state index in [1.54, 1.807) is 36.5 Å². The molecule has 0 saturated carbocycles. The summed E-state index contributed by atoms with van der Waals surface area (Å²) in [5.74, 6) is -0.623. The van der Waals surface area contributed by atoms with Crippen LogP contribution in [0.1, 0.15) is 17.3 Å². The molecular weight excluding hydrogens is 342 g/mol. The third-order valence-electron chi connectivity index (χ3n) is 3.47. The summed E-state index contributed by atoms with van der Waals surface area (Å²) in [6.45, 7) is 0.669. The van der Waals surface area contributed by atoms with Gasteiger partial charge in [-0.15, -0.1) is 0 Å². The van der Waals surface area contributed by atoms with Crippen molar-refractivity contribution in [2.24, 2.45) is 0 Å². The number of nitrogens with zero attached hydrogens (tertiary/aromatic N) is 2. The predicted octanol–water partition coefficient (Wildman–Crippen LogP) is 4.50. The van der Waals surface area contributed by atoms with Crippen LogP contribution < -0.4 is 4.74 Å². The third-order valence-corrected chi connectivity index (χ3v) is 3.47. The maximum absolute atomic E-state index is 12.9. The molecule has 2 aromatic carbocycles. The van der Waals surface area contributed by atoms with Gasteiger partial charge in [0.05, 0.1) is 11.3 Å². The van der Waals surface area contributed by atoms with E-state index in [2.05, 4.69) is 14.7 Å². The van der Waals surface area contributed by atoms with E-state index in [0.717, 1.165) is 0 Å². The summed E-state index contributed by atoms with van der Waals surface area (Å²) in [6, 6.07) is 14.1. The molecule has 0 fully saturated rings. The lowest BCUT2D eigenvalue weighted by Gasteiger charge is -2.13. The molecule has 132 valence electrons. The van der Waals surface area contributed by atoms with Gasteiger partial charge in [0.15, 0.2) is 5.82 Å². The van der Waals surface area contributed by atoms with E-state index in [9.17, 15) is 13.6 Å². The van der Waals surface area contributed by atoms with Crippen molar-refractivity contribution in [3.63, 3.8) is 0 Å². The number of ether oxygens (including phenoxy) is 1. The summed E-state index contributed by atoms with van der Waals surface area (Å²) in [4.78, 5) is 19.7. The number of rotatable bonds is 5. The van der Waals surface area contributed by atoms with Crippen LogP contribution in [0.4, 0.5) is 8.78 Å². The van der Waals surface area contributed by atoms with Gasteiger partial charge >= 0.3 is 12.1 Å². The topological polar surface area (TPSA) is 72.3 Å². The first-order valence-corrected chi connectivity index (χ1v) is 7.66. The number of hydrogen-bond donors (Lipinski definition) is 1. The van der Waals surface area contributed by atoms with Gasteiger partial charge in [-0.2, -0.15) is 8.78 Å². The van der Waals surface area contributed by atoms with Crippen molar-refractivity contribution in [1.29, 1.82) is 0 Å². The van der Waals surface area contributed by atoms with Gasteiger partial charge in [0.2, 0.25) is 0 Å². The third kappa shape index (κ3) is 4.18. The second kappa shape index (κ2) is 6.87. The Morgan fingerprint density at radius 2 is 1.81 bits per heavy atom. The van der Waals surface area contributed by atoms with E-state index in [0.29, 0.717) is 29.6 Å². The summed E-state index contributed by atoms with van der Waals surface area (Å²) in [6.07, 6.45) is -1.70. The van der Waals surface area contributed by atoms with Gasteiger partial charge in [0.1, 0.15) is 5.75 Å². The number of alkyl halides is 2. The highest BCUT2D eigenvalue weighted by Gasteiger charge is 2.23. The molecule has 3 rings (SSSR count). The zero-order valence-corrected chi connectivity index (χ0v) is 13.7. The Kier molecular flexibility index (Phi) is 4.62. The molecule has 7 heteroatoms. The van der Waals surface area contributed by atoms with Crippen molar-refractivity contribution in [2.75, 3.05) is 0 Å². The average molecular weight is 356 g/mol. The number of benzene rings is 2. The van der Waals surface area contributed by atoms with Crippen LogP contribution in [0.15, 0.2) is 60.8 Å². The van der Waals surface area contributed by atoms with Gasteiger partial charge in [0, 0.05) is 24.2 Å². The zero-order chi connectivity index (χ0) is 18.7. The normalized spacial score (nSPS) is 11.2. The molecule has 0 radical (unpaired) electrons. The maximum Gasteiger partial charge on any atom is 0.394 e. The first kappa shape index (κ1) is 17.5. The number of hydrogen-bond acceptors (Lipinski definition) is 4. The van der Waals surface area contributed by atoms with E-state index in [1.165, 1.54) is 24.3 Å². The lowest BCUT2D eigenvalue weighted by Crippen LogP contribution is -2.18. The Balaban J connectivity index is 1.90. The molecule has 0 aliphatic heterocycles. The molecule has 0 spiro atoms. The largest absolute Gasteiger partial charge is 0.478 e. The van der Waals surface area contributed by atoms with Crippen molar-refractivity contribution < 1.29 is 23.4 Å². The fourth-order valence-corrected chi connectivity index (χ4v) is 2.35. The highest BCUT2D eigenvalue weighted by atomic mass is 19.3. The molecule has 1 N–H and O–H groups in total. The van der Waals surface area contributed by atoms with Crippen LogP contribution in [0.25, 0.3) is 22.6 Å². The van der Waals surface area contributed by atoms with Crippen molar-refractivity contribution in [1.82, 2.24) is 9.97 Å². The van der Waals surface area contributed by atoms with E-state index < -0.39 is 12.1 Å². The highest BCUT2D eigenvalue weighted by molar-refractivity contribution is 5.89. The number of halogens is 2. The number of aromatic nitrogens is 2. The molecule has 0 saturated heterocycles. The Morgan fingerprint density at radius 3 is 2.46 bits per heavy atom. The predicted molar refractivity (Wildman–Crippen MR) is 91.1 cm³/mol. The molecule has 3 aromatic rings. The summed E-state index contributed by atoms with van der Waals surface area (Å²) < 4.78 is 30.3. The molecule has 0 amide bonds.